The van der Waals surface area contributed by atoms with Crippen molar-refractivity contribution in [3.8, 4) is 5.75 Å². The van der Waals surface area contributed by atoms with E-state index < -0.39 is 5.54 Å². The summed E-state index contributed by atoms with van der Waals surface area (Å²) in [5.74, 6) is 1.90. The number of benzene rings is 1. The molecular weight excluding hydrogens is 405 g/mol. The molecule has 0 atom stereocenters. The van der Waals surface area contributed by atoms with Gasteiger partial charge in [0.1, 0.15) is 5.75 Å². The molecule has 1 aromatic heterocycles. The first kappa shape index (κ1) is 18.5. The number of rotatable bonds is 5. The van der Waals surface area contributed by atoms with E-state index in [0.29, 0.717) is 29.8 Å². The fraction of sp³-hybridized carbons (Fsp3) is 0.467. The SMILES string of the molecule is Cl.NC1(c2noc(CCOc3ccc(Cl)cc3Br)n2)CCCC1. The van der Waals surface area contributed by atoms with E-state index in [0.717, 1.165) is 35.9 Å². The van der Waals surface area contributed by atoms with Crippen LogP contribution in [0.15, 0.2) is 27.2 Å². The Morgan fingerprint density at radius 2 is 2.09 bits per heavy atom. The number of hydrogen-bond donors (Lipinski definition) is 1. The highest BCUT2D eigenvalue weighted by molar-refractivity contribution is 9.10. The lowest BCUT2D eigenvalue weighted by molar-refractivity contribution is 0.288. The van der Waals surface area contributed by atoms with Crippen molar-refractivity contribution in [2.45, 2.75) is 37.6 Å². The first-order valence-corrected chi connectivity index (χ1v) is 8.44. The van der Waals surface area contributed by atoms with Gasteiger partial charge in [0.05, 0.1) is 23.0 Å². The summed E-state index contributed by atoms with van der Waals surface area (Å²) in [6.45, 7) is 0.444. The predicted octanol–water partition coefficient (Wildman–Crippen LogP) is 4.26. The number of aromatic nitrogens is 2. The molecule has 1 aromatic carbocycles. The monoisotopic (exact) mass is 421 g/mol. The standard InChI is InChI=1S/C15H17BrClN3O2.ClH/c16-11-9-10(17)3-4-12(11)21-8-5-13-19-14(20-22-13)15(18)6-1-2-7-15;/h3-4,9H,1-2,5-8,18H2;1H. The van der Waals surface area contributed by atoms with Gasteiger partial charge in [-0.05, 0) is 47.0 Å². The van der Waals surface area contributed by atoms with Gasteiger partial charge in [-0.25, -0.2) is 0 Å². The molecule has 0 spiro atoms. The number of ether oxygens (including phenoxy) is 1. The normalized spacial score (nSPS) is 16.1. The quantitative estimate of drug-likeness (QED) is 0.779. The van der Waals surface area contributed by atoms with Gasteiger partial charge in [0.15, 0.2) is 5.82 Å². The summed E-state index contributed by atoms with van der Waals surface area (Å²) in [6.07, 6.45) is 4.61. The maximum absolute atomic E-state index is 6.31. The van der Waals surface area contributed by atoms with Crippen LogP contribution in [0, 0.1) is 0 Å². The average Bonchev–Trinajstić information content (AvgIpc) is 3.11. The Balaban J connectivity index is 0.00000192. The van der Waals surface area contributed by atoms with Crippen molar-refractivity contribution in [1.82, 2.24) is 10.1 Å². The number of nitrogens with two attached hydrogens (primary N) is 1. The van der Waals surface area contributed by atoms with Gasteiger partial charge in [0, 0.05) is 5.02 Å². The molecule has 2 aromatic rings. The van der Waals surface area contributed by atoms with Crippen molar-refractivity contribution < 1.29 is 9.26 Å². The minimum Gasteiger partial charge on any atom is -0.492 e. The van der Waals surface area contributed by atoms with E-state index in [4.69, 9.17) is 26.6 Å². The Hall–Kier alpha value is -0.820. The molecule has 8 heteroatoms. The molecule has 1 aliphatic carbocycles. The molecule has 1 saturated carbocycles. The van der Waals surface area contributed by atoms with Gasteiger partial charge in [-0.15, -0.1) is 12.4 Å². The second-order valence-electron chi connectivity index (χ2n) is 5.55. The van der Waals surface area contributed by atoms with E-state index in [2.05, 4.69) is 26.1 Å². The summed E-state index contributed by atoms with van der Waals surface area (Å²) in [5.41, 5.74) is 5.90. The zero-order valence-corrected chi connectivity index (χ0v) is 15.6. The van der Waals surface area contributed by atoms with Crippen LogP contribution in [0.25, 0.3) is 0 Å². The van der Waals surface area contributed by atoms with Crippen molar-refractivity contribution in [1.29, 1.82) is 0 Å². The fourth-order valence-corrected chi connectivity index (χ4v) is 3.43. The van der Waals surface area contributed by atoms with E-state index >= 15 is 0 Å². The number of hydrogen-bond acceptors (Lipinski definition) is 5. The lowest BCUT2D eigenvalue weighted by Crippen LogP contribution is -2.34. The van der Waals surface area contributed by atoms with Crippen molar-refractivity contribution in [3.63, 3.8) is 0 Å². The van der Waals surface area contributed by atoms with Crippen LogP contribution in [0.4, 0.5) is 0 Å². The largest absolute Gasteiger partial charge is 0.492 e. The van der Waals surface area contributed by atoms with Crippen LogP contribution in [-0.2, 0) is 12.0 Å². The molecule has 0 radical (unpaired) electrons. The Morgan fingerprint density at radius 1 is 1.35 bits per heavy atom. The summed E-state index contributed by atoms with van der Waals surface area (Å²) < 4.78 is 11.8. The van der Waals surface area contributed by atoms with Crippen LogP contribution >= 0.6 is 39.9 Å². The first-order chi connectivity index (χ1) is 10.6. The average molecular weight is 423 g/mol. The minimum atomic E-state index is -0.415. The van der Waals surface area contributed by atoms with Gasteiger partial charge in [0.2, 0.25) is 5.89 Å². The van der Waals surface area contributed by atoms with E-state index in [1.54, 1.807) is 12.1 Å². The van der Waals surface area contributed by atoms with Gasteiger partial charge >= 0.3 is 0 Å². The molecule has 0 amide bonds. The van der Waals surface area contributed by atoms with Crippen LogP contribution in [0.3, 0.4) is 0 Å². The molecule has 0 bridgehead atoms. The molecular formula is C15H18BrCl2N3O2. The van der Waals surface area contributed by atoms with E-state index in [-0.39, 0.29) is 12.4 Å². The fourth-order valence-electron chi connectivity index (χ4n) is 2.63. The van der Waals surface area contributed by atoms with Gasteiger partial charge in [0.25, 0.3) is 0 Å². The molecule has 1 aliphatic rings. The highest BCUT2D eigenvalue weighted by atomic mass is 79.9. The van der Waals surface area contributed by atoms with Crippen LogP contribution in [0.5, 0.6) is 5.75 Å². The Labute approximate surface area is 154 Å². The van der Waals surface area contributed by atoms with Crippen LogP contribution in [0.2, 0.25) is 5.02 Å². The zero-order valence-electron chi connectivity index (χ0n) is 12.4. The van der Waals surface area contributed by atoms with Crippen LogP contribution in [-0.4, -0.2) is 16.7 Å². The van der Waals surface area contributed by atoms with Crippen molar-refractivity contribution >= 4 is 39.9 Å². The summed E-state index contributed by atoms with van der Waals surface area (Å²) in [5, 5.41) is 4.69. The topological polar surface area (TPSA) is 74.2 Å². The highest BCUT2D eigenvalue weighted by Crippen LogP contribution is 2.34. The molecule has 0 unspecified atom stereocenters. The maximum Gasteiger partial charge on any atom is 0.230 e. The van der Waals surface area contributed by atoms with Crippen LogP contribution < -0.4 is 10.5 Å². The number of nitrogens with zero attached hydrogens (tertiary/aromatic N) is 2. The van der Waals surface area contributed by atoms with Gasteiger partial charge < -0.3 is 15.0 Å². The Morgan fingerprint density at radius 3 is 2.78 bits per heavy atom. The van der Waals surface area contributed by atoms with E-state index in [9.17, 15) is 0 Å². The highest BCUT2D eigenvalue weighted by Gasteiger charge is 2.35. The minimum absolute atomic E-state index is 0. The molecule has 1 fully saturated rings. The molecule has 23 heavy (non-hydrogen) atoms. The maximum atomic E-state index is 6.31. The summed E-state index contributed by atoms with van der Waals surface area (Å²) >= 11 is 9.31. The molecule has 3 rings (SSSR count). The third kappa shape index (κ3) is 4.38. The molecule has 0 saturated heterocycles. The summed E-state index contributed by atoms with van der Waals surface area (Å²) in [7, 11) is 0. The van der Waals surface area contributed by atoms with Gasteiger partial charge in [-0.3, -0.25) is 0 Å². The molecule has 2 N–H and O–H groups in total. The predicted molar refractivity (Wildman–Crippen MR) is 94.2 cm³/mol. The molecule has 126 valence electrons. The smallest absolute Gasteiger partial charge is 0.230 e. The Bertz CT molecular complexity index is 660. The first-order valence-electron chi connectivity index (χ1n) is 7.27. The summed E-state index contributed by atoms with van der Waals surface area (Å²) in [6, 6.07) is 5.39. The third-order valence-corrected chi connectivity index (χ3v) is 4.73. The van der Waals surface area contributed by atoms with Crippen molar-refractivity contribution in [2.75, 3.05) is 6.61 Å². The van der Waals surface area contributed by atoms with Crippen molar-refractivity contribution in [2.24, 2.45) is 5.73 Å². The van der Waals surface area contributed by atoms with Crippen molar-refractivity contribution in [3.05, 3.63) is 39.4 Å². The second-order valence-corrected chi connectivity index (χ2v) is 6.84. The number of halogens is 3. The summed E-state index contributed by atoms with van der Waals surface area (Å²) in [4.78, 5) is 4.42. The molecule has 0 aliphatic heterocycles. The third-order valence-electron chi connectivity index (χ3n) is 3.88. The zero-order chi connectivity index (χ0) is 15.6. The lowest BCUT2D eigenvalue weighted by Gasteiger charge is -2.17. The second kappa shape index (κ2) is 7.83. The van der Waals surface area contributed by atoms with Crippen LogP contribution in [0.1, 0.15) is 37.4 Å². The Kier molecular flexibility index (Phi) is 6.31. The van der Waals surface area contributed by atoms with E-state index in [1.165, 1.54) is 0 Å². The van der Waals surface area contributed by atoms with E-state index in [1.807, 2.05) is 6.07 Å². The van der Waals surface area contributed by atoms with Gasteiger partial charge in [-0.1, -0.05) is 29.6 Å². The molecule has 1 heterocycles. The lowest BCUT2D eigenvalue weighted by atomic mass is 9.99. The van der Waals surface area contributed by atoms with Gasteiger partial charge in [-0.2, -0.15) is 4.98 Å². The molecule has 5 nitrogen and oxygen atoms in total.